The monoisotopic (exact) mass is 187 g/mol. The number of benzene rings is 1. The van der Waals surface area contributed by atoms with Crippen molar-refractivity contribution in [2.75, 3.05) is 0 Å². The van der Waals surface area contributed by atoms with Crippen LogP contribution >= 0.6 is 11.6 Å². The van der Waals surface area contributed by atoms with Crippen LogP contribution in [0.15, 0.2) is 6.07 Å². The molecular formula is C7H3ClFNO2. The summed E-state index contributed by atoms with van der Waals surface area (Å²) in [6.07, 6.45) is 0. The fourth-order valence-electron chi connectivity index (χ4n) is 0.705. The van der Waals surface area contributed by atoms with Gasteiger partial charge in [-0.25, -0.2) is 4.39 Å². The van der Waals surface area contributed by atoms with Gasteiger partial charge in [-0.1, -0.05) is 11.6 Å². The molecule has 12 heavy (non-hydrogen) atoms. The Balaban J connectivity index is 3.56. The predicted octanol–water partition coefficient (Wildman–Crippen LogP) is 1.76. The Morgan fingerprint density at radius 2 is 2.08 bits per heavy atom. The van der Waals surface area contributed by atoms with Crippen LogP contribution in [-0.2, 0) is 0 Å². The van der Waals surface area contributed by atoms with Gasteiger partial charge in [-0.3, -0.25) is 0 Å². The van der Waals surface area contributed by atoms with E-state index in [2.05, 4.69) is 0 Å². The highest BCUT2D eigenvalue weighted by Gasteiger charge is 2.15. The van der Waals surface area contributed by atoms with Crippen LogP contribution in [0.2, 0.25) is 5.02 Å². The summed E-state index contributed by atoms with van der Waals surface area (Å²) in [4.78, 5) is 0. The van der Waals surface area contributed by atoms with E-state index in [1.54, 1.807) is 0 Å². The second-order valence-corrected chi connectivity index (χ2v) is 2.43. The maximum Gasteiger partial charge on any atom is 0.178 e. The zero-order valence-electron chi connectivity index (χ0n) is 5.67. The molecule has 5 heteroatoms. The van der Waals surface area contributed by atoms with E-state index in [4.69, 9.17) is 27.1 Å². The molecule has 1 rings (SSSR count). The Bertz CT molecular complexity index is 346. The molecule has 0 bridgehead atoms. The van der Waals surface area contributed by atoms with Crippen LogP contribution in [0.5, 0.6) is 11.5 Å². The van der Waals surface area contributed by atoms with Gasteiger partial charge in [0, 0.05) is 6.07 Å². The highest BCUT2D eigenvalue weighted by atomic mass is 35.5. The lowest BCUT2D eigenvalue weighted by atomic mass is 10.2. The minimum absolute atomic E-state index is 0.401. The first-order chi connectivity index (χ1) is 5.57. The van der Waals surface area contributed by atoms with Crippen molar-refractivity contribution in [2.45, 2.75) is 0 Å². The third-order valence-corrected chi connectivity index (χ3v) is 1.56. The summed E-state index contributed by atoms with van der Waals surface area (Å²) in [5, 5.41) is 25.7. The standard InChI is InChI=1S/C7H3ClFNO2/c8-4-1-5(11)7(12)3(2-10)6(4)9/h1,11-12H. The van der Waals surface area contributed by atoms with Crippen LogP contribution in [0.1, 0.15) is 5.56 Å². The third-order valence-electron chi connectivity index (χ3n) is 1.28. The van der Waals surface area contributed by atoms with Crippen LogP contribution in [-0.4, -0.2) is 10.2 Å². The molecule has 0 saturated heterocycles. The second-order valence-electron chi connectivity index (χ2n) is 2.03. The lowest BCUT2D eigenvalue weighted by molar-refractivity contribution is 0.398. The number of nitrogens with zero attached hydrogens (tertiary/aromatic N) is 1. The summed E-state index contributed by atoms with van der Waals surface area (Å²) in [6.45, 7) is 0. The molecule has 0 radical (unpaired) electrons. The lowest BCUT2D eigenvalue weighted by Crippen LogP contribution is -1.86. The van der Waals surface area contributed by atoms with E-state index >= 15 is 0 Å². The molecule has 0 saturated carbocycles. The van der Waals surface area contributed by atoms with Crippen LogP contribution < -0.4 is 0 Å². The van der Waals surface area contributed by atoms with Crippen LogP contribution in [0.4, 0.5) is 4.39 Å². The first-order valence-electron chi connectivity index (χ1n) is 2.88. The molecule has 0 aliphatic carbocycles. The largest absolute Gasteiger partial charge is 0.504 e. The fourth-order valence-corrected chi connectivity index (χ4v) is 0.903. The topological polar surface area (TPSA) is 64.2 Å². The van der Waals surface area contributed by atoms with Crippen molar-refractivity contribution in [1.29, 1.82) is 5.26 Å². The molecule has 0 aromatic heterocycles. The molecule has 0 amide bonds. The zero-order chi connectivity index (χ0) is 9.30. The van der Waals surface area contributed by atoms with Gasteiger partial charge in [-0.2, -0.15) is 5.26 Å². The molecule has 1 aromatic carbocycles. The van der Waals surface area contributed by atoms with Gasteiger partial charge < -0.3 is 10.2 Å². The lowest BCUT2D eigenvalue weighted by Gasteiger charge is -2.01. The smallest absolute Gasteiger partial charge is 0.178 e. The molecule has 1 aromatic rings. The Labute approximate surface area is 72.2 Å². The molecule has 0 spiro atoms. The van der Waals surface area contributed by atoms with E-state index in [-0.39, 0.29) is 0 Å². The second kappa shape index (κ2) is 2.88. The average Bonchev–Trinajstić information content (AvgIpc) is 2.02. The molecule has 2 N–H and O–H groups in total. The number of nitriles is 1. The van der Waals surface area contributed by atoms with Gasteiger partial charge in [0.2, 0.25) is 0 Å². The van der Waals surface area contributed by atoms with Gasteiger partial charge in [0.05, 0.1) is 5.02 Å². The maximum absolute atomic E-state index is 12.8. The highest BCUT2D eigenvalue weighted by molar-refractivity contribution is 6.31. The molecule has 0 fully saturated rings. The van der Waals surface area contributed by atoms with Gasteiger partial charge >= 0.3 is 0 Å². The van der Waals surface area contributed by atoms with Gasteiger partial charge in [-0.05, 0) is 0 Å². The molecule has 62 valence electrons. The maximum atomic E-state index is 12.8. The Hall–Kier alpha value is -1.47. The molecule has 0 aliphatic rings. The molecule has 0 atom stereocenters. The first kappa shape index (κ1) is 8.62. The quantitative estimate of drug-likeness (QED) is 0.609. The minimum Gasteiger partial charge on any atom is -0.504 e. The SMILES string of the molecule is N#Cc1c(O)c(O)cc(Cl)c1F. The third kappa shape index (κ3) is 1.15. The van der Waals surface area contributed by atoms with Gasteiger partial charge in [0.1, 0.15) is 11.6 Å². The average molecular weight is 188 g/mol. The predicted molar refractivity (Wildman–Crippen MR) is 39.5 cm³/mol. The van der Waals surface area contributed by atoms with E-state index in [1.165, 1.54) is 6.07 Å². The summed E-state index contributed by atoms with van der Waals surface area (Å²) in [7, 11) is 0. The number of rotatable bonds is 0. The van der Waals surface area contributed by atoms with E-state index < -0.39 is 27.9 Å². The van der Waals surface area contributed by atoms with Crippen molar-refractivity contribution in [3.63, 3.8) is 0 Å². The van der Waals surface area contributed by atoms with Crippen LogP contribution in [0.3, 0.4) is 0 Å². The van der Waals surface area contributed by atoms with Gasteiger partial charge in [-0.15, -0.1) is 0 Å². The number of hydrogen-bond acceptors (Lipinski definition) is 3. The molecule has 0 unspecified atom stereocenters. The minimum atomic E-state index is -1.03. The molecule has 0 aliphatic heterocycles. The van der Waals surface area contributed by atoms with E-state index in [9.17, 15) is 4.39 Å². The van der Waals surface area contributed by atoms with E-state index in [0.29, 0.717) is 0 Å². The molecule has 0 heterocycles. The summed E-state index contributed by atoms with van der Waals surface area (Å²) in [5.74, 6) is -2.44. The molecule has 3 nitrogen and oxygen atoms in total. The van der Waals surface area contributed by atoms with Crippen molar-refractivity contribution in [3.05, 3.63) is 22.5 Å². The Morgan fingerprint density at radius 1 is 1.50 bits per heavy atom. The summed E-state index contributed by atoms with van der Waals surface area (Å²) in [6, 6.07) is 2.20. The zero-order valence-corrected chi connectivity index (χ0v) is 6.43. The summed E-state index contributed by atoms with van der Waals surface area (Å²) < 4.78 is 12.8. The van der Waals surface area contributed by atoms with Crippen molar-refractivity contribution in [2.24, 2.45) is 0 Å². The first-order valence-corrected chi connectivity index (χ1v) is 3.25. The number of hydrogen-bond donors (Lipinski definition) is 2. The Morgan fingerprint density at radius 3 is 2.58 bits per heavy atom. The summed E-state index contributed by atoms with van der Waals surface area (Å²) in [5.41, 5.74) is -0.653. The fraction of sp³-hybridized carbons (Fsp3) is 0. The van der Waals surface area contributed by atoms with Gasteiger partial charge in [0.15, 0.2) is 17.3 Å². The number of halogens is 2. The van der Waals surface area contributed by atoms with Crippen LogP contribution in [0, 0.1) is 17.1 Å². The van der Waals surface area contributed by atoms with E-state index in [0.717, 1.165) is 6.07 Å². The van der Waals surface area contributed by atoms with Crippen molar-refractivity contribution in [3.8, 4) is 17.6 Å². The van der Waals surface area contributed by atoms with Crippen molar-refractivity contribution < 1.29 is 14.6 Å². The summed E-state index contributed by atoms with van der Waals surface area (Å²) >= 11 is 5.27. The molecular weight excluding hydrogens is 185 g/mol. The van der Waals surface area contributed by atoms with Crippen LogP contribution in [0.25, 0.3) is 0 Å². The number of phenolic OH excluding ortho intramolecular Hbond substituents is 2. The number of phenols is 2. The normalized spacial score (nSPS) is 9.42. The van der Waals surface area contributed by atoms with E-state index in [1.807, 2.05) is 0 Å². The van der Waals surface area contributed by atoms with Gasteiger partial charge in [0.25, 0.3) is 0 Å². The highest BCUT2D eigenvalue weighted by Crippen LogP contribution is 2.34. The van der Waals surface area contributed by atoms with Crippen molar-refractivity contribution in [1.82, 2.24) is 0 Å². The number of aromatic hydroxyl groups is 2. The van der Waals surface area contributed by atoms with Crippen molar-refractivity contribution >= 4 is 11.6 Å². The Kier molecular flexibility index (Phi) is 2.07.